The van der Waals surface area contributed by atoms with Crippen LogP contribution in [-0.2, 0) is 9.59 Å². The van der Waals surface area contributed by atoms with Gasteiger partial charge in [0.1, 0.15) is 11.6 Å². The molecule has 0 aliphatic carbocycles. The Morgan fingerprint density at radius 2 is 1.77 bits per heavy atom. The van der Waals surface area contributed by atoms with Crippen LogP contribution in [0.3, 0.4) is 0 Å². The van der Waals surface area contributed by atoms with E-state index in [4.69, 9.17) is 9.47 Å². The van der Waals surface area contributed by atoms with E-state index < -0.39 is 23.5 Å². The van der Waals surface area contributed by atoms with Gasteiger partial charge in [-0.15, -0.1) is 0 Å². The van der Waals surface area contributed by atoms with Crippen LogP contribution in [0.1, 0.15) is 33.6 Å². The minimum atomic E-state index is -0.950. The van der Waals surface area contributed by atoms with Crippen LogP contribution in [0.25, 0.3) is 0 Å². The summed E-state index contributed by atoms with van der Waals surface area (Å²) in [4.78, 5) is 42.1. The van der Waals surface area contributed by atoms with Gasteiger partial charge in [-0.25, -0.2) is 9.69 Å². The first-order chi connectivity index (χ1) is 14.7. The number of carbonyl (C=O) groups excluding carboxylic acids is 3. The molecule has 170 valence electrons. The summed E-state index contributed by atoms with van der Waals surface area (Å²) < 4.78 is 10.5. The number of nitrogens with one attached hydrogen (secondary N) is 2. The summed E-state index contributed by atoms with van der Waals surface area (Å²) in [5, 5.41) is 5.62. The third-order valence-corrected chi connectivity index (χ3v) is 5.94. The zero-order valence-corrected chi connectivity index (χ0v) is 18.9. The molecular formula is C22H32N4O5. The fourth-order valence-electron chi connectivity index (χ4n) is 4.24. The van der Waals surface area contributed by atoms with Crippen LogP contribution in [0.5, 0.6) is 11.5 Å². The van der Waals surface area contributed by atoms with Crippen molar-refractivity contribution in [3.63, 3.8) is 0 Å². The number of benzene rings is 1. The van der Waals surface area contributed by atoms with Crippen molar-refractivity contribution in [3.05, 3.63) is 18.2 Å². The highest BCUT2D eigenvalue weighted by Crippen LogP contribution is 2.32. The summed E-state index contributed by atoms with van der Waals surface area (Å²) in [6.07, 6.45) is 1.09. The van der Waals surface area contributed by atoms with Crippen LogP contribution in [0.4, 0.5) is 10.5 Å². The summed E-state index contributed by atoms with van der Waals surface area (Å²) in [5.74, 6) is 0.768. The van der Waals surface area contributed by atoms with E-state index in [1.165, 1.54) is 14.2 Å². The van der Waals surface area contributed by atoms with Gasteiger partial charge in [0.15, 0.2) is 11.5 Å². The van der Waals surface area contributed by atoms with Gasteiger partial charge in [-0.05, 0) is 37.8 Å². The van der Waals surface area contributed by atoms with Crippen LogP contribution in [-0.4, -0.2) is 73.1 Å². The monoisotopic (exact) mass is 432 g/mol. The number of methoxy groups -OCH3 is 2. The summed E-state index contributed by atoms with van der Waals surface area (Å²) in [5.41, 5.74) is -0.430. The van der Waals surface area contributed by atoms with Crippen molar-refractivity contribution in [1.82, 2.24) is 15.1 Å². The lowest BCUT2D eigenvalue weighted by Crippen LogP contribution is -2.56. The number of rotatable bonds is 7. The Hall–Kier alpha value is -2.81. The second-order valence-electron chi connectivity index (χ2n) is 8.62. The van der Waals surface area contributed by atoms with Crippen LogP contribution in [0, 0.1) is 5.92 Å². The molecule has 3 rings (SSSR count). The maximum atomic E-state index is 13.2. The number of imide groups is 1. The molecule has 31 heavy (non-hydrogen) atoms. The number of piperidine rings is 1. The Labute approximate surface area is 183 Å². The van der Waals surface area contributed by atoms with Crippen molar-refractivity contribution in [2.24, 2.45) is 5.92 Å². The molecule has 9 nitrogen and oxygen atoms in total. The second-order valence-corrected chi connectivity index (χ2v) is 8.62. The van der Waals surface area contributed by atoms with E-state index in [-0.39, 0.29) is 5.91 Å². The number of urea groups is 1. The number of nitrogens with zero attached hydrogens (tertiary/aromatic N) is 2. The summed E-state index contributed by atoms with van der Waals surface area (Å²) in [7, 11) is 3.03. The van der Waals surface area contributed by atoms with Crippen LogP contribution in [0.15, 0.2) is 18.2 Å². The fraction of sp³-hybridized carbons (Fsp3) is 0.591. The number of hydrogen-bond acceptors (Lipinski definition) is 6. The molecule has 1 aromatic rings. The van der Waals surface area contributed by atoms with Gasteiger partial charge >= 0.3 is 6.03 Å². The quantitative estimate of drug-likeness (QED) is 0.640. The maximum absolute atomic E-state index is 13.2. The van der Waals surface area contributed by atoms with E-state index in [9.17, 15) is 14.4 Å². The van der Waals surface area contributed by atoms with Gasteiger partial charge in [0, 0.05) is 31.4 Å². The highest BCUT2D eigenvalue weighted by atomic mass is 16.5. The highest BCUT2D eigenvalue weighted by Gasteiger charge is 2.54. The molecule has 2 fully saturated rings. The van der Waals surface area contributed by atoms with Crippen molar-refractivity contribution in [3.8, 4) is 11.5 Å². The van der Waals surface area contributed by atoms with Crippen LogP contribution >= 0.6 is 0 Å². The SMILES string of the molecule is COc1ccc(NC(=O)C(C)N2C(=O)NC3(CCN(CC(C)C)CC3)C2=O)cc1OC. The predicted octanol–water partition coefficient (Wildman–Crippen LogP) is 2.07. The predicted molar refractivity (Wildman–Crippen MR) is 116 cm³/mol. The Balaban J connectivity index is 1.68. The normalized spacial score (nSPS) is 19.5. The van der Waals surface area contributed by atoms with Gasteiger partial charge in [0.05, 0.1) is 14.2 Å². The summed E-state index contributed by atoms with van der Waals surface area (Å²) >= 11 is 0. The lowest BCUT2D eigenvalue weighted by molar-refractivity contribution is -0.137. The average Bonchev–Trinajstić information content (AvgIpc) is 2.98. The number of carbonyl (C=O) groups is 3. The van der Waals surface area contributed by atoms with Crippen molar-refractivity contribution >= 4 is 23.5 Å². The van der Waals surface area contributed by atoms with E-state index in [1.54, 1.807) is 25.1 Å². The van der Waals surface area contributed by atoms with Gasteiger partial charge in [0.2, 0.25) is 5.91 Å². The average molecular weight is 433 g/mol. The minimum absolute atomic E-state index is 0.323. The molecule has 9 heteroatoms. The molecule has 1 unspecified atom stereocenters. The Morgan fingerprint density at radius 3 is 2.35 bits per heavy atom. The molecule has 2 N–H and O–H groups in total. The molecule has 2 saturated heterocycles. The number of hydrogen-bond donors (Lipinski definition) is 2. The van der Waals surface area contributed by atoms with E-state index >= 15 is 0 Å². The molecule has 0 aromatic heterocycles. The molecule has 1 spiro atoms. The molecule has 1 aromatic carbocycles. The van der Waals surface area contributed by atoms with Crippen molar-refractivity contribution in [2.45, 2.75) is 45.2 Å². The van der Waals surface area contributed by atoms with E-state index in [1.807, 2.05) is 0 Å². The molecule has 2 aliphatic heterocycles. The number of ether oxygens (including phenoxy) is 2. The zero-order valence-electron chi connectivity index (χ0n) is 18.9. The van der Waals surface area contributed by atoms with Crippen LogP contribution < -0.4 is 20.1 Å². The van der Waals surface area contributed by atoms with Gasteiger partial charge in [-0.3, -0.25) is 9.59 Å². The van der Waals surface area contributed by atoms with Crippen LogP contribution in [0.2, 0.25) is 0 Å². The molecule has 2 heterocycles. The minimum Gasteiger partial charge on any atom is -0.493 e. The Kier molecular flexibility index (Phi) is 6.74. The smallest absolute Gasteiger partial charge is 0.325 e. The summed E-state index contributed by atoms with van der Waals surface area (Å²) in [6.45, 7) is 8.32. The molecule has 1 atom stereocenters. The lowest BCUT2D eigenvalue weighted by Gasteiger charge is -2.38. The first-order valence-electron chi connectivity index (χ1n) is 10.6. The first-order valence-corrected chi connectivity index (χ1v) is 10.6. The molecule has 0 bridgehead atoms. The topological polar surface area (TPSA) is 100 Å². The van der Waals surface area contributed by atoms with Crippen molar-refractivity contribution in [2.75, 3.05) is 39.2 Å². The molecular weight excluding hydrogens is 400 g/mol. The Bertz CT molecular complexity index is 848. The zero-order chi connectivity index (χ0) is 22.8. The number of likely N-dealkylation sites (tertiary alicyclic amines) is 1. The maximum Gasteiger partial charge on any atom is 0.325 e. The van der Waals surface area contributed by atoms with Gasteiger partial charge in [0.25, 0.3) is 5.91 Å². The molecule has 2 aliphatic rings. The fourth-order valence-corrected chi connectivity index (χ4v) is 4.24. The van der Waals surface area contributed by atoms with Crippen molar-refractivity contribution in [1.29, 1.82) is 0 Å². The molecule has 0 saturated carbocycles. The number of amides is 4. The third kappa shape index (κ3) is 4.61. The molecule has 4 amide bonds. The number of anilines is 1. The highest BCUT2D eigenvalue weighted by molar-refractivity contribution is 6.11. The van der Waals surface area contributed by atoms with E-state index in [2.05, 4.69) is 29.4 Å². The Morgan fingerprint density at radius 1 is 1.13 bits per heavy atom. The largest absolute Gasteiger partial charge is 0.493 e. The van der Waals surface area contributed by atoms with E-state index in [0.717, 1.165) is 24.5 Å². The van der Waals surface area contributed by atoms with Crippen molar-refractivity contribution < 1.29 is 23.9 Å². The summed E-state index contributed by atoms with van der Waals surface area (Å²) in [6, 6.07) is 3.50. The van der Waals surface area contributed by atoms with E-state index in [0.29, 0.717) is 35.9 Å². The second kappa shape index (κ2) is 9.13. The standard InChI is InChI=1S/C22H32N4O5/c1-14(2)13-25-10-8-22(9-11-25)20(28)26(21(29)24-22)15(3)19(27)23-16-6-7-17(30-4)18(12-16)31-5/h6-7,12,14-15H,8-11,13H2,1-5H3,(H,23,27)(H,24,29). The third-order valence-electron chi connectivity index (χ3n) is 5.94. The van der Waals surface area contributed by atoms with Gasteiger partial charge < -0.3 is 25.0 Å². The lowest BCUT2D eigenvalue weighted by atomic mass is 9.87. The molecule has 0 radical (unpaired) electrons. The van der Waals surface area contributed by atoms with Gasteiger partial charge in [-0.1, -0.05) is 13.8 Å². The first kappa shape index (κ1) is 22.9. The van der Waals surface area contributed by atoms with Gasteiger partial charge in [-0.2, -0.15) is 0 Å².